The van der Waals surface area contributed by atoms with Gasteiger partial charge in [0.15, 0.2) is 5.96 Å². The summed E-state index contributed by atoms with van der Waals surface area (Å²) < 4.78 is 5.60. The Kier molecular flexibility index (Phi) is 15.0. The van der Waals surface area contributed by atoms with E-state index in [9.17, 15) is 0 Å². The smallest absolute Gasteiger partial charge is 0.190 e. The molecule has 1 heterocycles. The van der Waals surface area contributed by atoms with Gasteiger partial charge in [-0.25, -0.2) is 0 Å². The molecule has 0 amide bonds. The zero-order valence-electron chi connectivity index (χ0n) is 17.0. The summed E-state index contributed by atoms with van der Waals surface area (Å²) in [5, 5.41) is 6.88. The van der Waals surface area contributed by atoms with Gasteiger partial charge < -0.3 is 20.3 Å². The number of hydrogen-bond acceptors (Lipinski definition) is 3. The molecule has 0 aromatic carbocycles. The van der Waals surface area contributed by atoms with Crippen molar-refractivity contribution >= 4 is 29.9 Å². The van der Waals surface area contributed by atoms with E-state index in [0.717, 1.165) is 50.5 Å². The van der Waals surface area contributed by atoms with Crippen LogP contribution in [-0.2, 0) is 4.74 Å². The summed E-state index contributed by atoms with van der Waals surface area (Å²) in [6, 6.07) is 0. The maximum atomic E-state index is 5.60. The van der Waals surface area contributed by atoms with Crippen molar-refractivity contribution in [3.8, 4) is 0 Å². The highest BCUT2D eigenvalue weighted by molar-refractivity contribution is 14.0. The third-order valence-electron chi connectivity index (χ3n) is 4.22. The first-order valence-electron chi connectivity index (χ1n) is 9.75. The molecule has 1 unspecified atom stereocenters. The van der Waals surface area contributed by atoms with Crippen LogP contribution in [0.5, 0.6) is 0 Å². The van der Waals surface area contributed by atoms with E-state index >= 15 is 0 Å². The van der Waals surface area contributed by atoms with E-state index in [2.05, 4.69) is 48.2 Å². The van der Waals surface area contributed by atoms with E-state index < -0.39 is 0 Å². The fourth-order valence-electron chi connectivity index (χ4n) is 3.16. The van der Waals surface area contributed by atoms with Gasteiger partial charge in [-0.1, -0.05) is 27.7 Å². The largest absolute Gasteiger partial charge is 0.381 e. The molecular formula is C19H41IN4O. The van der Waals surface area contributed by atoms with Crippen LogP contribution in [0.2, 0.25) is 0 Å². The molecule has 0 radical (unpaired) electrons. The van der Waals surface area contributed by atoms with Crippen molar-refractivity contribution in [2.75, 3.05) is 53.0 Å². The number of aliphatic imine (C=N–C) groups is 1. The number of likely N-dealkylation sites (tertiary alicyclic amines) is 1. The zero-order chi connectivity index (χ0) is 17.8. The second-order valence-corrected chi connectivity index (χ2v) is 7.86. The van der Waals surface area contributed by atoms with E-state index in [4.69, 9.17) is 4.74 Å². The van der Waals surface area contributed by atoms with Gasteiger partial charge in [0.1, 0.15) is 0 Å². The normalized spacial score (nSPS) is 19.2. The third-order valence-corrected chi connectivity index (χ3v) is 4.22. The Labute approximate surface area is 172 Å². The Morgan fingerprint density at radius 2 is 1.96 bits per heavy atom. The molecule has 6 heteroatoms. The van der Waals surface area contributed by atoms with Crippen LogP contribution in [-0.4, -0.2) is 63.8 Å². The third kappa shape index (κ3) is 12.8. The number of nitrogens with one attached hydrogen (secondary N) is 2. The van der Waals surface area contributed by atoms with Crippen molar-refractivity contribution in [2.24, 2.45) is 22.7 Å². The van der Waals surface area contributed by atoms with Crippen molar-refractivity contribution in [3.05, 3.63) is 0 Å². The van der Waals surface area contributed by atoms with Crippen molar-refractivity contribution < 1.29 is 4.74 Å². The van der Waals surface area contributed by atoms with Crippen molar-refractivity contribution in [1.82, 2.24) is 15.5 Å². The number of hydrogen-bond donors (Lipinski definition) is 2. The average Bonchev–Trinajstić information content (AvgIpc) is 2.53. The quantitative estimate of drug-likeness (QED) is 0.224. The summed E-state index contributed by atoms with van der Waals surface area (Å²) in [4.78, 5) is 6.94. The first-order valence-corrected chi connectivity index (χ1v) is 9.75. The van der Waals surface area contributed by atoms with Crippen LogP contribution in [0.25, 0.3) is 0 Å². The first kappa shape index (κ1) is 24.9. The van der Waals surface area contributed by atoms with E-state index in [0.29, 0.717) is 5.92 Å². The summed E-state index contributed by atoms with van der Waals surface area (Å²) in [7, 11) is 1.84. The molecule has 25 heavy (non-hydrogen) atoms. The van der Waals surface area contributed by atoms with E-state index in [1.165, 1.54) is 32.5 Å². The maximum Gasteiger partial charge on any atom is 0.190 e. The number of rotatable bonds is 10. The van der Waals surface area contributed by atoms with Crippen LogP contribution in [0.15, 0.2) is 4.99 Å². The lowest BCUT2D eigenvalue weighted by Gasteiger charge is -2.34. The standard InChI is InChI=1S/C19H40N4O.HI/c1-16(2)13-23-10-6-8-18(14-23)12-22-19(20-5)21-9-7-11-24-15-17(3)4;/h16-18H,6-15H2,1-5H3,(H2,20,21,22);1H. The average molecular weight is 468 g/mol. The van der Waals surface area contributed by atoms with Crippen molar-refractivity contribution in [1.29, 1.82) is 0 Å². The van der Waals surface area contributed by atoms with Gasteiger partial charge in [-0.2, -0.15) is 0 Å². The molecule has 0 saturated carbocycles. The summed E-state index contributed by atoms with van der Waals surface area (Å²) in [6.07, 6.45) is 3.65. The Bertz CT molecular complexity index is 350. The molecule has 5 nitrogen and oxygen atoms in total. The zero-order valence-corrected chi connectivity index (χ0v) is 19.3. The van der Waals surface area contributed by atoms with Crippen molar-refractivity contribution in [2.45, 2.75) is 47.0 Å². The molecule has 0 bridgehead atoms. The highest BCUT2D eigenvalue weighted by Crippen LogP contribution is 2.16. The Hall–Kier alpha value is -0.0800. The lowest BCUT2D eigenvalue weighted by atomic mass is 9.97. The van der Waals surface area contributed by atoms with Gasteiger partial charge in [0.05, 0.1) is 0 Å². The summed E-state index contributed by atoms with van der Waals surface area (Å²) in [5.41, 5.74) is 0. The molecule has 1 atom stereocenters. The SMILES string of the molecule is CN=C(NCCCOCC(C)C)NCC1CCCN(CC(C)C)C1.I. The molecule has 2 N–H and O–H groups in total. The topological polar surface area (TPSA) is 48.9 Å². The molecule has 0 spiro atoms. The monoisotopic (exact) mass is 468 g/mol. The lowest BCUT2D eigenvalue weighted by molar-refractivity contribution is 0.108. The van der Waals surface area contributed by atoms with Crippen LogP contribution in [0.4, 0.5) is 0 Å². The maximum absolute atomic E-state index is 5.60. The van der Waals surface area contributed by atoms with Crippen LogP contribution >= 0.6 is 24.0 Å². The summed E-state index contributed by atoms with van der Waals surface area (Å²) in [5.74, 6) is 3.01. The van der Waals surface area contributed by atoms with Gasteiger partial charge in [-0.3, -0.25) is 4.99 Å². The predicted octanol–water partition coefficient (Wildman–Crippen LogP) is 3.20. The number of piperidine rings is 1. The van der Waals surface area contributed by atoms with Crippen LogP contribution in [0.3, 0.4) is 0 Å². The fourth-order valence-corrected chi connectivity index (χ4v) is 3.16. The second kappa shape index (κ2) is 15.0. The van der Waals surface area contributed by atoms with Gasteiger partial charge in [0.25, 0.3) is 0 Å². The fraction of sp³-hybridized carbons (Fsp3) is 0.947. The molecule has 1 fully saturated rings. The molecule has 150 valence electrons. The summed E-state index contributed by atoms with van der Waals surface area (Å²) in [6.45, 7) is 16.2. The van der Waals surface area contributed by atoms with Gasteiger partial charge in [-0.05, 0) is 43.6 Å². The molecule has 1 rings (SSSR count). The molecule has 0 aliphatic carbocycles. The van der Waals surface area contributed by atoms with Crippen LogP contribution in [0.1, 0.15) is 47.0 Å². The lowest BCUT2D eigenvalue weighted by Crippen LogP contribution is -2.45. The Morgan fingerprint density at radius 3 is 2.60 bits per heavy atom. The number of nitrogens with zero attached hydrogens (tertiary/aromatic N) is 2. The predicted molar refractivity (Wildman–Crippen MR) is 119 cm³/mol. The van der Waals surface area contributed by atoms with Gasteiger partial charge in [0, 0.05) is 46.4 Å². The number of ether oxygens (including phenoxy) is 1. The van der Waals surface area contributed by atoms with Gasteiger partial charge in [-0.15, -0.1) is 24.0 Å². The molecule has 0 aromatic heterocycles. The molecule has 1 saturated heterocycles. The highest BCUT2D eigenvalue weighted by Gasteiger charge is 2.20. The van der Waals surface area contributed by atoms with Crippen LogP contribution < -0.4 is 10.6 Å². The minimum Gasteiger partial charge on any atom is -0.381 e. The number of halogens is 1. The molecular weight excluding hydrogens is 427 g/mol. The molecule has 1 aliphatic heterocycles. The van der Waals surface area contributed by atoms with Gasteiger partial charge in [0.2, 0.25) is 0 Å². The molecule has 0 aromatic rings. The van der Waals surface area contributed by atoms with Crippen LogP contribution in [0, 0.1) is 17.8 Å². The highest BCUT2D eigenvalue weighted by atomic mass is 127. The van der Waals surface area contributed by atoms with E-state index in [1.807, 2.05) is 7.05 Å². The molecule has 1 aliphatic rings. The number of guanidine groups is 1. The van der Waals surface area contributed by atoms with E-state index in [-0.39, 0.29) is 24.0 Å². The Balaban J connectivity index is 0.00000576. The van der Waals surface area contributed by atoms with E-state index in [1.54, 1.807) is 0 Å². The first-order chi connectivity index (χ1) is 11.5. The summed E-state index contributed by atoms with van der Waals surface area (Å²) >= 11 is 0. The van der Waals surface area contributed by atoms with Crippen molar-refractivity contribution in [3.63, 3.8) is 0 Å². The Morgan fingerprint density at radius 1 is 1.20 bits per heavy atom. The minimum absolute atomic E-state index is 0. The second-order valence-electron chi connectivity index (χ2n) is 7.86. The van der Waals surface area contributed by atoms with Gasteiger partial charge >= 0.3 is 0 Å². The minimum atomic E-state index is 0.